The van der Waals surface area contributed by atoms with Crippen molar-refractivity contribution in [2.45, 2.75) is 18.9 Å². The van der Waals surface area contributed by atoms with Crippen LogP contribution in [0.2, 0.25) is 0 Å². The van der Waals surface area contributed by atoms with Crippen molar-refractivity contribution in [1.82, 2.24) is 20.0 Å². The van der Waals surface area contributed by atoms with Crippen LogP contribution < -0.4 is 5.32 Å². The molecule has 0 saturated carbocycles. The number of benzene rings is 1. The van der Waals surface area contributed by atoms with Crippen molar-refractivity contribution in [1.29, 1.82) is 0 Å². The Morgan fingerprint density at radius 3 is 3.00 bits per heavy atom. The Kier molecular flexibility index (Phi) is 6.18. The maximum absolute atomic E-state index is 5.38. The predicted molar refractivity (Wildman–Crippen MR) is 114 cm³/mol. The largest absolute Gasteiger partial charge is 0.469 e. The normalized spacial score (nSPS) is 17.5. The summed E-state index contributed by atoms with van der Waals surface area (Å²) in [6, 6.07) is 12.7. The molecule has 2 aromatic heterocycles. The lowest BCUT2D eigenvalue weighted by atomic mass is 10.2. The number of fused-ring (bicyclic) bond motifs is 1. The van der Waals surface area contributed by atoms with E-state index in [1.54, 1.807) is 6.26 Å². The molecular weight excluding hydrogens is 441 g/mol. The lowest BCUT2D eigenvalue weighted by Gasteiger charge is -2.21. The second-order valence-electron chi connectivity index (χ2n) is 6.34. The number of nitrogens with zero attached hydrogens (tertiary/aromatic N) is 4. The van der Waals surface area contributed by atoms with Gasteiger partial charge < -0.3 is 14.6 Å². The van der Waals surface area contributed by atoms with E-state index in [1.165, 1.54) is 10.9 Å². The van der Waals surface area contributed by atoms with Gasteiger partial charge in [0.25, 0.3) is 0 Å². The maximum Gasteiger partial charge on any atom is 0.193 e. The molecule has 3 heterocycles. The Labute approximate surface area is 170 Å². The van der Waals surface area contributed by atoms with Crippen LogP contribution in [0.25, 0.3) is 10.9 Å². The van der Waals surface area contributed by atoms with Gasteiger partial charge in [0.05, 0.1) is 24.0 Å². The Morgan fingerprint density at radius 2 is 2.19 bits per heavy atom. The van der Waals surface area contributed by atoms with E-state index >= 15 is 0 Å². The summed E-state index contributed by atoms with van der Waals surface area (Å²) in [6.45, 7) is 2.72. The molecule has 0 spiro atoms. The van der Waals surface area contributed by atoms with Crippen molar-refractivity contribution in [3.63, 3.8) is 0 Å². The van der Waals surface area contributed by atoms with E-state index in [9.17, 15) is 0 Å². The molecule has 1 unspecified atom stereocenters. The third-order valence-corrected chi connectivity index (χ3v) is 4.76. The summed E-state index contributed by atoms with van der Waals surface area (Å²) in [5.41, 5.74) is 1.20. The van der Waals surface area contributed by atoms with Crippen molar-refractivity contribution >= 4 is 40.8 Å². The molecule has 7 heteroatoms. The van der Waals surface area contributed by atoms with Gasteiger partial charge in [-0.2, -0.15) is 5.10 Å². The van der Waals surface area contributed by atoms with Crippen LogP contribution in [0.5, 0.6) is 0 Å². The zero-order valence-electron chi connectivity index (χ0n) is 14.8. The monoisotopic (exact) mass is 465 g/mol. The average Bonchev–Trinajstić information content (AvgIpc) is 3.38. The van der Waals surface area contributed by atoms with Crippen molar-refractivity contribution in [2.24, 2.45) is 4.99 Å². The number of likely N-dealkylation sites (tertiary alicyclic amines) is 1. The quantitative estimate of drug-likeness (QED) is 0.365. The first-order valence-electron chi connectivity index (χ1n) is 8.75. The molecule has 0 amide bonds. The fourth-order valence-corrected chi connectivity index (χ4v) is 3.50. The zero-order valence-corrected chi connectivity index (χ0v) is 17.2. The molecule has 1 saturated heterocycles. The molecule has 1 N–H and O–H groups in total. The third-order valence-electron chi connectivity index (χ3n) is 4.76. The second-order valence-corrected chi connectivity index (χ2v) is 6.34. The number of aromatic nitrogens is 2. The summed E-state index contributed by atoms with van der Waals surface area (Å²) in [6.07, 6.45) is 5.59. The third kappa shape index (κ3) is 3.87. The number of rotatable bonds is 4. The van der Waals surface area contributed by atoms with Gasteiger partial charge in [-0.05, 0) is 24.6 Å². The molecule has 26 heavy (non-hydrogen) atoms. The van der Waals surface area contributed by atoms with Gasteiger partial charge in [-0.15, -0.1) is 24.0 Å². The summed E-state index contributed by atoms with van der Waals surface area (Å²) in [7, 11) is 1.84. The van der Waals surface area contributed by atoms with Gasteiger partial charge in [0.15, 0.2) is 5.96 Å². The lowest BCUT2D eigenvalue weighted by Crippen LogP contribution is -2.41. The topological polar surface area (TPSA) is 58.6 Å². The molecule has 1 atom stereocenters. The van der Waals surface area contributed by atoms with Gasteiger partial charge in [-0.1, -0.05) is 18.2 Å². The number of hydrogen-bond acceptors (Lipinski definition) is 3. The van der Waals surface area contributed by atoms with Crippen LogP contribution in [0.3, 0.4) is 0 Å². The predicted octanol–water partition coefficient (Wildman–Crippen LogP) is 3.31. The first-order chi connectivity index (χ1) is 12.3. The summed E-state index contributed by atoms with van der Waals surface area (Å²) < 4.78 is 7.53. The van der Waals surface area contributed by atoms with Gasteiger partial charge >= 0.3 is 0 Å². The molecule has 4 rings (SSSR count). The van der Waals surface area contributed by atoms with Crippen LogP contribution in [0.4, 0.5) is 0 Å². The SMILES string of the molecule is CN=C(NCCc1ccco1)N1CCC(n2ncc3ccccc32)C1.I. The van der Waals surface area contributed by atoms with E-state index in [0.717, 1.165) is 44.2 Å². The highest BCUT2D eigenvalue weighted by Crippen LogP contribution is 2.25. The number of halogens is 1. The number of guanidine groups is 1. The van der Waals surface area contributed by atoms with Gasteiger partial charge in [-0.3, -0.25) is 9.67 Å². The molecule has 1 fully saturated rings. The molecule has 0 aliphatic carbocycles. The molecular formula is C19H24IN5O. The van der Waals surface area contributed by atoms with Gasteiger partial charge in [-0.25, -0.2) is 0 Å². The minimum absolute atomic E-state index is 0. The van der Waals surface area contributed by atoms with Crippen LogP contribution in [-0.2, 0) is 6.42 Å². The van der Waals surface area contributed by atoms with Crippen LogP contribution in [0.15, 0.2) is 58.3 Å². The summed E-state index contributed by atoms with van der Waals surface area (Å²) >= 11 is 0. The van der Waals surface area contributed by atoms with E-state index in [2.05, 4.69) is 49.3 Å². The molecule has 3 aromatic rings. The van der Waals surface area contributed by atoms with Crippen LogP contribution in [0.1, 0.15) is 18.2 Å². The fourth-order valence-electron chi connectivity index (χ4n) is 3.50. The Morgan fingerprint density at radius 1 is 1.31 bits per heavy atom. The molecule has 1 aromatic carbocycles. The summed E-state index contributed by atoms with van der Waals surface area (Å²) in [5.74, 6) is 1.94. The first-order valence-corrected chi connectivity index (χ1v) is 8.75. The van der Waals surface area contributed by atoms with E-state index in [4.69, 9.17) is 4.42 Å². The molecule has 1 aliphatic rings. The Bertz CT molecular complexity index is 858. The molecule has 0 radical (unpaired) electrons. The van der Waals surface area contributed by atoms with Gasteiger partial charge in [0.1, 0.15) is 5.76 Å². The minimum atomic E-state index is 0. The minimum Gasteiger partial charge on any atom is -0.469 e. The van der Waals surface area contributed by atoms with Crippen LogP contribution >= 0.6 is 24.0 Å². The Hall–Kier alpha value is -2.03. The maximum atomic E-state index is 5.38. The number of nitrogens with one attached hydrogen (secondary N) is 1. The Balaban J connectivity index is 0.00000196. The molecule has 138 valence electrons. The second kappa shape index (κ2) is 8.57. The molecule has 6 nitrogen and oxygen atoms in total. The zero-order chi connectivity index (χ0) is 17.1. The van der Waals surface area contributed by atoms with Gasteiger partial charge in [0, 0.05) is 38.5 Å². The number of furan rings is 1. The van der Waals surface area contributed by atoms with Crippen molar-refractivity contribution in [2.75, 3.05) is 26.7 Å². The first kappa shape index (κ1) is 18.8. The highest BCUT2D eigenvalue weighted by atomic mass is 127. The summed E-state index contributed by atoms with van der Waals surface area (Å²) in [5, 5.41) is 9.25. The van der Waals surface area contributed by atoms with Crippen LogP contribution in [-0.4, -0.2) is 47.3 Å². The average molecular weight is 465 g/mol. The highest BCUT2D eigenvalue weighted by Gasteiger charge is 2.27. The highest BCUT2D eigenvalue weighted by molar-refractivity contribution is 14.0. The molecule has 0 bridgehead atoms. The van der Waals surface area contributed by atoms with Crippen LogP contribution in [0, 0.1) is 0 Å². The number of aliphatic imine (C=N–C) groups is 1. The smallest absolute Gasteiger partial charge is 0.193 e. The van der Waals surface area contributed by atoms with E-state index in [-0.39, 0.29) is 24.0 Å². The standard InChI is InChI=1S/C19H23N5O.HI/c1-20-19(21-10-8-17-6-4-12-25-17)23-11-9-16(14-23)24-18-7-3-2-5-15(18)13-22-24;/h2-7,12-13,16H,8-11,14H2,1H3,(H,20,21);1H. The number of hydrogen-bond donors (Lipinski definition) is 1. The van der Waals surface area contributed by atoms with Crippen molar-refractivity contribution < 1.29 is 4.42 Å². The van der Waals surface area contributed by atoms with Gasteiger partial charge in [0.2, 0.25) is 0 Å². The van der Waals surface area contributed by atoms with E-state index in [1.807, 2.05) is 25.4 Å². The number of para-hydroxylation sites is 1. The fraction of sp³-hybridized carbons (Fsp3) is 0.368. The van der Waals surface area contributed by atoms with E-state index < -0.39 is 0 Å². The van der Waals surface area contributed by atoms with Crippen molar-refractivity contribution in [3.05, 3.63) is 54.6 Å². The van der Waals surface area contributed by atoms with Crippen molar-refractivity contribution in [3.8, 4) is 0 Å². The molecule has 1 aliphatic heterocycles. The van der Waals surface area contributed by atoms with E-state index in [0.29, 0.717) is 6.04 Å². The lowest BCUT2D eigenvalue weighted by molar-refractivity contribution is 0.438. The summed E-state index contributed by atoms with van der Waals surface area (Å²) in [4.78, 5) is 6.75.